The lowest BCUT2D eigenvalue weighted by atomic mass is 10.0. The Morgan fingerprint density at radius 2 is 1.76 bits per heavy atom. The van der Waals surface area contributed by atoms with E-state index in [0.717, 1.165) is 17.7 Å². The standard InChI is InChI=1S/C20H32N2O3/c1-15(2)14-18-6-8-19(9-7-18)17(5)22-25-13-12-24-11-10-21-20(23)16(3)4/h6-9,15-16H,10-14H2,1-5H3,(H,21,23)/b22-17+. The largest absolute Gasteiger partial charge is 0.393 e. The molecule has 0 saturated carbocycles. The van der Waals surface area contributed by atoms with Crippen LogP contribution in [0.3, 0.4) is 0 Å². The summed E-state index contributed by atoms with van der Waals surface area (Å²) in [7, 11) is 0. The van der Waals surface area contributed by atoms with Crippen LogP contribution in [-0.2, 0) is 20.8 Å². The first-order valence-corrected chi connectivity index (χ1v) is 9.01. The third-order valence-electron chi connectivity index (χ3n) is 3.61. The summed E-state index contributed by atoms with van der Waals surface area (Å²) in [5, 5.41) is 6.92. The van der Waals surface area contributed by atoms with Crippen LogP contribution >= 0.6 is 0 Å². The van der Waals surface area contributed by atoms with Gasteiger partial charge in [0.15, 0.2) is 0 Å². The Labute approximate surface area is 151 Å². The summed E-state index contributed by atoms with van der Waals surface area (Å²) in [6, 6.07) is 8.44. The van der Waals surface area contributed by atoms with E-state index in [0.29, 0.717) is 32.3 Å². The van der Waals surface area contributed by atoms with E-state index in [9.17, 15) is 4.79 Å². The maximum Gasteiger partial charge on any atom is 0.222 e. The average molecular weight is 348 g/mol. The minimum absolute atomic E-state index is 0.0000784. The SMILES string of the molecule is C/C(=N\OCCOCCNC(=O)C(C)C)c1ccc(CC(C)C)cc1. The highest BCUT2D eigenvalue weighted by atomic mass is 16.6. The van der Waals surface area contributed by atoms with Gasteiger partial charge in [-0.05, 0) is 30.4 Å². The Morgan fingerprint density at radius 1 is 1.08 bits per heavy atom. The van der Waals surface area contributed by atoms with Crippen molar-refractivity contribution >= 4 is 11.6 Å². The fourth-order valence-corrected chi connectivity index (χ4v) is 2.20. The summed E-state index contributed by atoms with van der Waals surface area (Å²) in [6.45, 7) is 11.9. The topological polar surface area (TPSA) is 59.9 Å². The van der Waals surface area contributed by atoms with E-state index in [1.54, 1.807) is 0 Å². The molecule has 0 saturated heterocycles. The lowest BCUT2D eigenvalue weighted by Crippen LogP contribution is -2.30. The molecular weight excluding hydrogens is 316 g/mol. The normalized spacial score (nSPS) is 11.9. The third kappa shape index (κ3) is 9.25. The highest BCUT2D eigenvalue weighted by molar-refractivity contribution is 5.98. The van der Waals surface area contributed by atoms with Crippen molar-refractivity contribution < 1.29 is 14.4 Å². The van der Waals surface area contributed by atoms with Crippen LogP contribution in [0.4, 0.5) is 0 Å². The molecule has 25 heavy (non-hydrogen) atoms. The third-order valence-corrected chi connectivity index (χ3v) is 3.61. The average Bonchev–Trinajstić information content (AvgIpc) is 2.56. The number of carbonyl (C=O) groups excluding carboxylic acids is 1. The molecular formula is C20H32N2O3. The summed E-state index contributed by atoms with van der Waals surface area (Å²) >= 11 is 0. The molecule has 1 rings (SSSR count). The first kappa shape index (κ1) is 21.2. The number of oxime groups is 1. The highest BCUT2D eigenvalue weighted by Gasteiger charge is 2.04. The van der Waals surface area contributed by atoms with Gasteiger partial charge in [-0.1, -0.05) is 57.1 Å². The second kappa shape index (κ2) is 11.6. The van der Waals surface area contributed by atoms with Crippen molar-refractivity contribution in [2.45, 2.75) is 41.0 Å². The second-order valence-corrected chi connectivity index (χ2v) is 6.86. The molecule has 0 aliphatic rings. The Kier molecular flexibility index (Phi) is 9.85. The van der Waals surface area contributed by atoms with E-state index in [4.69, 9.17) is 9.57 Å². The molecule has 0 spiro atoms. The van der Waals surface area contributed by atoms with Gasteiger partial charge in [0, 0.05) is 12.5 Å². The first-order valence-electron chi connectivity index (χ1n) is 9.01. The van der Waals surface area contributed by atoms with E-state index in [1.165, 1.54) is 5.56 Å². The van der Waals surface area contributed by atoms with Crippen molar-refractivity contribution in [3.63, 3.8) is 0 Å². The van der Waals surface area contributed by atoms with Crippen molar-refractivity contribution in [1.82, 2.24) is 5.32 Å². The van der Waals surface area contributed by atoms with Crippen LogP contribution < -0.4 is 5.32 Å². The predicted molar refractivity (Wildman–Crippen MR) is 102 cm³/mol. The summed E-state index contributed by atoms with van der Waals surface area (Å²) in [6.07, 6.45) is 1.09. The van der Waals surface area contributed by atoms with Crippen molar-refractivity contribution in [3.05, 3.63) is 35.4 Å². The fraction of sp³-hybridized carbons (Fsp3) is 0.600. The first-order chi connectivity index (χ1) is 11.9. The van der Waals surface area contributed by atoms with E-state index >= 15 is 0 Å². The van der Waals surface area contributed by atoms with Crippen LogP contribution in [0, 0.1) is 11.8 Å². The number of hydrogen-bond donors (Lipinski definition) is 1. The minimum atomic E-state index is 0.0000784. The van der Waals surface area contributed by atoms with Crippen molar-refractivity contribution in [3.8, 4) is 0 Å². The van der Waals surface area contributed by atoms with E-state index in [1.807, 2.05) is 20.8 Å². The molecule has 0 radical (unpaired) electrons. The predicted octanol–water partition coefficient (Wildman–Crippen LogP) is 3.41. The number of rotatable bonds is 11. The molecule has 0 bridgehead atoms. The lowest BCUT2D eigenvalue weighted by Gasteiger charge is -2.08. The number of benzene rings is 1. The fourth-order valence-electron chi connectivity index (χ4n) is 2.20. The van der Waals surface area contributed by atoms with Crippen LogP contribution in [0.1, 0.15) is 45.7 Å². The second-order valence-electron chi connectivity index (χ2n) is 6.86. The molecule has 0 aliphatic carbocycles. The summed E-state index contributed by atoms with van der Waals surface area (Å²) < 4.78 is 5.39. The van der Waals surface area contributed by atoms with Crippen molar-refractivity contribution in [2.75, 3.05) is 26.4 Å². The van der Waals surface area contributed by atoms with Gasteiger partial charge in [-0.3, -0.25) is 4.79 Å². The van der Waals surface area contributed by atoms with E-state index in [-0.39, 0.29) is 11.8 Å². The van der Waals surface area contributed by atoms with Gasteiger partial charge in [0.05, 0.1) is 18.9 Å². The highest BCUT2D eigenvalue weighted by Crippen LogP contribution is 2.10. The lowest BCUT2D eigenvalue weighted by molar-refractivity contribution is -0.124. The number of carbonyl (C=O) groups is 1. The molecule has 1 amide bonds. The number of ether oxygens (including phenoxy) is 1. The smallest absolute Gasteiger partial charge is 0.222 e. The molecule has 1 N–H and O–H groups in total. The Hall–Kier alpha value is -1.88. The molecule has 0 aromatic heterocycles. The van der Waals surface area contributed by atoms with Crippen molar-refractivity contribution in [2.24, 2.45) is 17.0 Å². The van der Waals surface area contributed by atoms with Gasteiger partial charge in [0.2, 0.25) is 5.91 Å². The summed E-state index contributed by atoms with van der Waals surface area (Å²) in [5.41, 5.74) is 3.25. The zero-order chi connectivity index (χ0) is 18.7. The maximum atomic E-state index is 11.4. The quantitative estimate of drug-likeness (QED) is 0.379. The molecule has 0 aliphatic heterocycles. The molecule has 0 atom stereocenters. The van der Waals surface area contributed by atoms with Crippen LogP contribution in [0.5, 0.6) is 0 Å². The van der Waals surface area contributed by atoms with Gasteiger partial charge in [-0.25, -0.2) is 0 Å². The van der Waals surface area contributed by atoms with Gasteiger partial charge >= 0.3 is 0 Å². The van der Waals surface area contributed by atoms with E-state index in [2.05, 4.69) is 48.6 Å². The number of nitrogens with one attached hydrogen (secondary N) is 1. The van der Waals surface area contributed by atoms with Gasteiger partial charge in [0.25, 0.3) is 0 Å². The van der Waals surface area contributed by atoms with Crippen LogP contribution in [-0.4, -0.2) is 38.0 Å². The van der Waals surface area contributed by atoms with Gasteiger partial charge in [-0.2, -0.15) is 0 Å². The molecule has 0 unspecified atom stereocenters. The monoisotopic (exact) mass is 348 g/mol. The van der Waals surface area contributed by atoms with Crippen LogP contribution in [0.25, 0.3) is 0 Å². The molecule has 1 aromatic carbocycles. The molecule has 5 heteroatoms. The summed E-state index contributed by atoms with van der Waals surface area (Å²) in [5.74, 6) is 0.696. The molecule has 0 fully saturated rings. The van der Waals surface area contributed by atoms with Crippen molar-refractivity contribution in [1.29, 1.82) is 0 Å². The van der Waals surface area contributed by atoms with Gasteiger partial charge in [0.1, 0.15) is 6.61 Å². The van der Waals surface area contributed by atoms with Crippen LogP contribution in [0.2, 0.25) is 0 Å². The van der Waals surface area contributed by atoms with Gasteiger partial charge < -0.3 is 14.9 Å². The number of amides is 1. The zero-order valence-corrected chi connectivity index (χ0v) is 16.2. The number of hydrogen-bond acceptors (Lipinski definition) is 4. The molecule has 0 heterocycles. The van der Waals surface area contributed by atoms with Crippen LogP contribution in [0.15, 0.2) is 29.4 Å². The van der Waals surface area contributed by atoms with Gasteiger partial charge in [-0.15, -0.1) is 0 Å². The Balaban J connectivity index is 2.20. The van der Waals surface area contributed by atoms with E-state index < -0.39 is 0 Å². The zero-order valence-electron chi connectivity index (χ0n) is 16.2. The minimum Gasteiger partial charge on any atom is -0.393 e. The Morgan fingerprint density at radius 3 is 2.36 bits per heavy atom. The summed E-state index contributed by atoms with van der Waals surface area (Å²) in [4.78, 5) is 16.6. The number of nitrogens with zero attached hydrogens (tertiary/aromatic N) is 1. The molecule has 5 nitrogen and oxygen atoms in total. The Bertz CT molecular complexity index is 536. The maximum absolute atomic E-state index is 11.4. The molecule has 1 aromatic rings. The molecule has 140 valence electrons.